The minimum atomic E-state index is -0.0986. The van der Waals surface area contributed by atoms with Crippen LogP contribution in [0.4, 0.5) is 0 Å². The molecule has 0 amide bonds. The summed E-state index contributed by atoms with van der Waals surface area (Å²) in [4.78, 5) is 4.42. The van der Waals surface area contributed by atoms with E-state index in [1.807, 2.05) is 6.08 Å². The zero-order valence-electron chi connectivity index (χ0n) is 10.9. The van der Waals surface area contributed by atoms with Gasteiger partial charge in [-0.1, -0.05) is 38.4 Å². The summed E-state index contributed by atoms with van der Waals surface area (Å²) in [5.74, 6) is 1.44. The van der Waals surface area contributed by atoms with Gasteiger partial charge in [-0.3, -0.25) is 0 Å². The van der Waals surface area contributed by atoms with Gasteiger partial charge < -0.3 is 9.63 Å². The van der Waals surface area contributed by atoms with Crippen molar-refractivity contribution >= 4 is 0 Å². The molecule has 0 aliphatic heterocycles. The fourth-order valence-corrected chi connectivity index (χ4v) is 1.51. The molecule has 1 heterocycles. The SMILES string of the molecule is C=CC(CCCCO)c1nc(C(C)(C)C)no1. The van der Waals surface area contributed by atoms with E-state index < -0.39 is 0 Å². The average Bonchev–Trinajstić information content (AvgIpc) is 2.73. The predicted octanol–water partition coefficient (Wildman–Crippen LogP) is 2.80. The Morgan fingerprint density at radius 2 is 2.12 bits per heavy atom. The Hall–Kier alpha value is -1.16. The number of nitrogens with zero attached hydrogens (tertiary/aromatic N) is 2. The minimum Gasteiger partial charge on any atom is -0.396 e. The Morgan fingerprint density at radius 3 is 2.59 bits per heavy atom. The number of hydrogen-bond donors (Lipinski definition) is 1. The molecular weight excluding hydrogens is 216 g/mol. The number of hydrogen-bond acceptors (Lipinski definition) is 4. The highest BCUT2D eigenvalue weighted by Gasteiger charge is 2.23. The van der Waals surface area contributed by atoms with Crippen molar-refractivity contribution in [3.05, 3.63) is 24.4 Å². The summed E-state index contributed by atoms with van der Waals surface area (Å²) >= 11 is 0. The fraction of sp³-hybridized carbons (Fsp3) is 0.692. The molecule has 1 atom stereocenters. The first-order valence-electron chi connectivity index (χ1n) is 6.06. The smallest absolute Gasteiger partial charge is 0.233 e. The Kier molecular flexibility index (Phi) is 4.87. The summed E-state index contributed by atoms with van der Waals surface area (Å²) in [6.07, 6.45) is 4.44. The normalized spacial score (nSPS) is 13.6. The number of aliphatic hydroxyl groups is 1. The maximum atomic E-state index is 8.76. The third kappa shape index (κ3) is 3.97. The van der Waals surface area contributed by atoms with Crippen LogP contribution < -0.4 is 0 Å². The van der Waals surface area contributed by atoms with Crippen molar-refractivity contribution in [3.63, 3.8) is 0 Å². The Bertz CT molecular complexity index is 353. The standard InChI is InChI=1S/C13H22N2O2/c1-5-10(8-6-7-9-16)11-14-12(15-17-11)13(2,3)4/h5,10,16H,1,6-9H2,2-4H3. The molecule has 1 aromatic heterocycles. The van der Waals surface area contributed by atoms with E-state index >= 15 is 0 Å². The van der Waals surface area contributed by atoms with Gasteiger partial charge in [0.25, 0.3) is 0 Å². The van der Waals surface area contributed by atoms with Crippen LogP contribution in [0, 0.1) is 0 Å². The Morgan fingerprint density at radius 1 is 1.41 bits per heavy atom. The summed E-state index contributed by atoms with van der Waals surface area (Å²) in [7, 11) is 0. The van der Waals surface area contributed by atoms with E-state index in [-0.39, 0.29) is 17.9 Å². The van der Waals surface area contributed by atoms with Crippen molar-refractivity contribution in [3.8, 4) is 0 Å². The summed E-state index contributed by atoms with van der Waals surface area (Å²) in [5, 5.41) is 12.8. The van der Waals surface area contributed by atoms with Gasteiger partial charge in [-0.2, -0.15) is 4.98 Å². The predicted molar refractivity (Wildman–Crippen MR) is 66.9 cm³/mol. The molecular formula is C13H22N2O2. The quantitative estimate of drug-likeness (QED) is 0.611. The summed E-state index contributed by atoms with van der Waals surface area (Å²) in [5.41, 5.74) is -0.0986. The molecule has 0 radical (unpaired) electrons. The lowest BCUT2D eigenvalue weighted by Gasteiger charge is -2.11. The largest absolute Gasteiger partial charge is 0.396 e. The van der Waals surface area contributed by atoms with Gasteiger partial charge in [-0.05, 0) is 12.8 Å². The summed E-state index contributed by atoms with van der Waals surface area (Å²) in [6.45, 7) is 10.2. The van der Waals surface area contributed by atoms with Crippen molar-refractivity contribution in [1.82, 2.24) is 10.1 Å². The van der Waals surface area contributed by atoms with Crippen molar-refractivity contribution in [2.75, 3.05) is 6.61 Å². The van der Waals surface area contributed by atoms with Gasteiger partial charge in [0.15, 0.2) is 5.82 Å². The van der Waals surface area contributed by atoms with Gasteiger partial charge in [0.2, 0.25) is 5.89 Å². The van der Waals surface area contributed by atoms with Gasteiger partial charge in [-0.25, -0.2) is 0 Å². The van der Waals surface area contributed by atoms with Crippen LogP contribution in [0.25, 0.3) is 0 Å². The molecule has 0 bridgehead atoms. The molecule has 17 heavy (non-hydrogen) atoms. The third-order valence-corrected chi connectivity index (χ3v) is 2.64. The fourth-order valence-electron chi connectivity index (χ4n) is 1.51. The molecule has 4 heteroatoms. The topological polar surface area (TPSA) is 59.2 Å². The molecule has 96 valence electrons. The van der Waals surface area contributed by atoms with E-state index in [4.69, 9.17) is 9.63 Å². The molecule has 0 aromatic carbocycles. The van der Waals surface area contributed by atoms with Crippen LogP contribution >= 0.6 is 0 Å². The molecule has 0 saturated heterocycles. The molecule has 1 rings (SSSR count). The number of rotatable bonds is 6. The Labute approximate surface area is 103 Å². The average molecular weight is 238 g/mol. The van der Waals surface area contributed by atoms with Crippen molar-refractivity contribution in [2.45, 2.75) is 51.4 Å². The summed E-state index contributed by atoms with van der Waals surface area (Å²) < 4.78 is 5.28. The van der Waals surface area contributed by atoms with E-state index in [0.717, 1.165) is 25.1 Å². The van der Waals surface area contributed by atoms with Gasteiger partial charge in [0.05, 0.1) is 5.92 Å². The van der Waals surface area contributed by atoms with Crippen LogP contribution in [0.5, 0.6) is 0 Å². The zero-order valence-corrected chi connectivity index (χ0v) is 10.9. The first-order valence-corrected chi connectivity index (χ1v) is 6.06. The maximum absolute atomic E-state index is 8.76. The highest BCUT2D eigenvalue weighted by molar-refractivity contribution is 5.06. The van der Waals surface area contributed by atoms with Crippen molar-refractivity contribution < 1.29 is 9.63 Å². The second kappa shape index (κ2) is 5.96. The Balaban J connectivity index is 2.69. The van der Waals surface area contributed by atoms with Gasteiger partial charge in [0, 0.05) is 12.0 Å². The van der Waals surface area contributed by atoms with Gasteiger partial charge in [0.1, 0.15) is 0 Å². The van der Waals surface area contributed by atoms with Crippen LogP contribution in [0.2, 0.25) is 0 Å². The van der Waals surface area contributed by atoms with Crippen LogP contribution in [-0.4, -0.2) is 21.9 Å². The van der Waals surface area contributed by atoms with Crippen LogP contribution in [0.15, 0.2) is 17.2 Å². The first-order chi connectivity index (χ1) is 7.99. The molecule has 0 aliphatic carbocycles. The number of allylic oxidation sites excluding steroid dienone is 1. The maximum Gasteiger partial charge on any atom is 0.233 e. The minimum absolute atomic E-state index is 0.0881. The lowest BCUT2D eigenvalue weighted by atomic mass is 9.96. The van der Waals surface area contributed by atoms with E-state index in [1.165, 1.54) is 0 Å². The van der Waals surface area contributed by atoms with Crippen LogP contribution in [0.3, 0.4) is 0 Å². The van der Waals surface area contributed by atoms with Gasteiger partial charge >= 0.3 is 0 Å². The molecule has 1 unspecified atom stereocenters. The van der Waals surface area contributed by atoms with E-state index in [2.05, 4.69) is 37.5 Å². The third-order valence-electron chi connectivity index (χ3n) is 2.64. The number of aliphatic hydroxyl groups excluding tert-OH is 1. The first kappa shape index (κ1) is 13.9. The zero-order chi connectivity index (χ0) is 12.9. The molecule has 4 nitrogen and oxygen atoms in total. The summed E-state index contributed by atoms with van der Waals surface area (Å²) in [6, 6.07) is 0. The number of aromatic nitrogens is 2. The monoisotopic (exact) mass is 238 g/mol. The molecule has 0 fully saturated rings. The van der Waals surface area contributed by atoms with Crippen molar-refractivity contribution in [2.24, 2.45) is 0 Å². The van der Waals surface area contributed by atoms with E-state index in [9.17, 15) is 0 Å². The van der Waals surface area contributed by atoms with E-state index in [1.54, 1.807) is 0 Å². The molecule has 0 aliphatic rings. The lowest BCUT2D eigenvalue weighted by molar-refractivity contribution is 0.279. The molecule has 0 spiro atoms. The second-order valence-corrected chi connectivity index (χ2v) is 5.27. The van der Waals surface area contributed by atoms with Crippen molar-refractivity contribution in [1.29, 1.82) is 0 Å². The van der Waals surface area contributed by atoms with Gasteiger partial charge in [-0.15, -0.1) is 6.58 Å². The highest BCUT2D eigenvalue weighted by atomic mass is 16.5. The van der Waals surface area contributed by atoms with Crippen LogP contribution in [0.1, 0.15) is 57.7 Å². The number of unbranched alkanes of at least 4 members (excludes halogenated alkanes) is 1. The van der Waals surface area contributed by atoms with E-state index in [0.29, 0.717) is 5.89 Å². The second-order valence-electron chi connectivity index (χ2n) is 5.27. The highest BCUT2D eigenvalue weighted by Crippen LogP contribution is 2.25. The molecule has 0 saturated carbocycles. The molecule has 1 aromatic rings. The lowest BCUT2D eigenvalue weighted by Crippen LogP contribution is -2.13. The van der Waals surface area contributed by atoms with Crippen LogP contribution in [-0.2, 0) is 5.41 Å². The molecule has 1 N–H and O–H groups in total.